The van der Waals surface area contributed by atoms with E-state index in [1.165, 1.54) is 18.2 Å². The molecule has 1 saturated heterocycles. The minimum Gasteiger partial charge on any atom is -0.464 e. The summed E-state index contributed by atoms with van der Waals surface area (Å²) >= 11 is 0. The number of carbonyl (C=O) groups excluding carboxylic acids is 6. The third-order valence-electron chi connectivity index (χ3n) is 6.70. The molecule has 0 bridgehead atoms. The molecule has 0 unspecified atom stereocenters. The first-order chi connectivity index (χ1) is 21.5. The number of fused-ring (bicyclic) bond motifs is 1. The van der Waals surface area contributed by atoms with E-state index in [1.807, 2.05) is 0 Å². The van der Waals surface area contributed by atoms with Crippen LogP contribution in [-0.4, -0.2) is 85.7 Å². The van der Waals surface area contributed by atoms with Crippen LogP contribution >= 0.6 is 0 Å². The minimum atomic E-state index is -2.48. The van der Waals surface area contributed by atoms with Crippen molar-refractivity contribution in [3.05, 3.63) is 40.2 Å². The molecule has 2 heterocycles. The molecule has 0 spiro atoms. The van der Waals surface area contributed by atoms with E-state index >= 15 is 0 Å². The molecule has 6 atom stereocenters. The maximum atomic E-state index is 13.5. The van der Waals surface area contributed by atoms with Gasteiger partial charge in [0.05, 0.1) is 19.6 Å². The van der Waals surface area contributed by atoms with Crippen molar-refractivity contribution < 1.29 is 66.3 Å². The highest BCUT2D eigenvalue weighted by Crippen LogP contribution is 2.38. The Bertz CT molecular complexity index is 1570. The van der Waals surface area contributed by atoms with Gasteiger partial charge in [-0.2, -0.15) is 0 Å². The molecule has 0 radical (unpaired) electrons. The summed E-state index contributed by atoms with van der Waals surface area (Å²) in [7, 11) is 1.03. The molecule has 250 valence electrons. The number of esters is 5. The van der Waals surface area contributed by atoms with Gasteiger partial charge in [-0.3, -0.25) is 24.0 Å². The molecule has 1 aromatic heterocycles. The van der Waals surface area contributed by atoms with Gasteiger partial charge >= 0.3 is 41.3 Å². The van der Waals surface area contributed by atoms with Gasteiger partial charge in [0.25, 0.3) is 0 Å². The number of benzene rings is 1. The number of hydrogen-bond acceptors (Lipinski definition) is 15. The highest BCUT2D eigenvalue weighted by Gasteiger charge is 2.60. The highest BCUT2D eigenvalue weighted by atomic mass is 16.7. The zero-order chi connectivity index (χ0) is 34.3. The summed E-state index contributed by atoms with van der Waals surface area (Å²) in [5, 5.41) is 3.14. The molecule has 1 N–H and O–H groups in total. The monoisotopic (exact) mass is 649 g/mol. The van der Waals surface area contributed by atoms with Gasteiger partial charge in [0.2, 0.25) is 5.91 Å². The average molecular weight is 650 g/mol. The fraction of sp³-hybridized carbons (Fsp3) is 0.500. The first-order valence-corrected chi connectivity index (χ1v) is 14.0. The summed E-state index contributed by atoms with van der Waals surface area (Å²) in [6.07, 6.45) is -6.95. The molecular formula is C30H35NO15. The van der Waals surface area contributed by atoms with Crippen LogP contribution in [0.25, 0.3) is 11.0 Å². The lowest BCUT2D eigenvalue weighted by Gasteiger charge is -2.48. The predicted molar refractivity (Wildman–Crippen MR) is 153 cm³/mol. The molecule has 16 nitrogen and oxygen atoms in total. The van der Waals surface area contributed by atoms with E-state index in [1.54, 1.807) is 13.0 Å². The molecule has 1 aliphatic heterocycles. The van der Waals surface area contributed by atoms with Crippen molar-refractivity contribution in [2.45, 2.75) is 84.2 Å². The van der Waals surface area contributed by atoms with E-state index in [2.05, 4.69) is 5.32 Å². The Balaban J connectivity index is 2.25. The number of rotatable bonds is 11. The molecular weight excluding hydrogens is 614 g/mol. The zero-order valence-electron chi connectivity index (χ0n) is 26.2. The van der Waals surface area contributed by atoms with Crippen LogP contribution in [0.1, 0.15) is 46.6 Å². The number of hydrogen-bond donors (Lipinski definition) is 1. The fourth-order valence-electron chi connectivity index (χ4n) is 5.06. The van der Waals surface area contributed by atoms with Crippen LogP contribution < -0.4 is 15.7 Å². The third-order valence-corrected chi connectivity index (χ3v) is 6.70. The molecule has 1 amide bonds. The van der Waals surface area contributed by atoms with Gasteiger partial charge < -0.3 is 42.9 Å². The van der Waals surface area contributed by atoms with Crippen molar-refractivity contribution in [2.24, 2.45) is 0 Å². The first-order valence-electron chi connectivity index (χ1n) is 14.0. The summed E-state index contributed by atoms with van der Waals surface area (Å²) in [6, 6.07) is 4.27. The summed E-state index contributed by atoms with van der Waals surface area (Å²) in [4.78, 5) is 86.4. The van der Waals surface area contributed by atoms with Crippen LogP contribution in [0.4, 0.5) is 0 Å². The van der Waals surface area contributed by atoms with Gasteiger partial charge in [-0.25, -0.2) is 9.59 Å². The molecule has 46 heavy (non-hydrogen) atoms. The highest BCUT2D eigenvalue weighted by molar-refractivity contribution is 5.82. The molecule has 1 fully saturated rings. The Hall–Kier alpha value is -4.99. The van der Waals surface area contributed by atoms with Crippen LogP contribution in [0.3, 0.4) is 0 Å². The van der Waals surface area contributed by atoms with E-state index in [-0.39, 0.29) is 11.3 Å². The van der Waals surface area contributed by atoms with Crippen molar-refractivity contribution >= 4 is 46.7 Å². The number of carbonyl (C=O) groups is 6. The minimum absolute atomic E-state index is 0.0644. The second kappa shape index (κ2) is 14.9. The maximum absolute atomic E-state index is 13.5. The summed E-state index contributed by atoms with van der Waals surface area (Å²) in [5.41, 5.74) is 0.0769. The zero-order valence-corrected chi connectivity index (χ0v) is 26.2. The molecule has 2 aromatic rings. The molecule has 1 aromatic carbocycles. The van der Waals surface area contributed by atoms with Crippen LogP contribution in [0.2, 0.25) is 0 Å². The number of nitrogens with one attached hydrogen (secondary N) is 1. The SMILES string of the molecule is COC(=O)[C@@]1(Oc2ccc3c(C)cc(=O)oc3c2)C[C@H](OC(C)=O)[C@@H](NC(C)=O)[C@H]([C@@H](OC(C)=O)[C@@H](COC(C)=O)OC(C)=O)O1. The Morgan fingerprint density at radius 1 is 0.957 bits per heavy atom. The summed E-state index contributed by atoms with van der Waals surface area (Å²) < 4.78 is 44.1. The maximum Gasteiger partial charge on any atom is 0.379 e. The number of amides is 1. The summed E-state index contributed by atoms with van der Waals surface area (Å²) in [6.45, 7) is 6.43. The lowest BCUT2D eigenvalue weighted by molar-refractivity contribution is -0.289. The van der Waals surface area contributed by atoms with Gasteiger partial charge in [-0.15, -0.1) is 0 Å². The van der Waals surface area contributed by atoms with Crippen LogP contribution in [0, 0.1) is 6.92 Å². The van der Waals surface area contributed by atoms with Gasteiger partial charge in [0.1, 0.15) is 30.1 Å². The van der Waals surface area contributed by atoms with Gasteiger partial charge in [-0.05, 0) is 24.6 Å². The Labute approximate surface area is 262 Å². The molecule has 0 aliphatic carbocycles. The molecule has 0 saturated carbocycles. The van der Waals surface area contributed by atoms with E-state index in [4.69, 9.17) is 37.6 Å². The van der Waals surface area contributed by atoms with E-state index in [0.717, 1.165) is 41.7 Å². The Morgan fingerprint density at radius 2 is 1.63 bits per heavy atom. The van der Waals surface area contributed by atoms with E-state index in [0.29, 0.717) is 10.9 Å². The van der Waals surface area contributed by atoms with Gasteiger partial charge in [0.15, 0.2) is 12.2 Å². The second-order valence-electron chi connectivity index (χ2n) is 10.4. The van der Waals surface area contributed by atoms with Crippen molar-refractivity contribution in [1.82, 2.24) is 5.32 Å². The van der Waals surface area contributed by atoms with Crippen molar-refractivity contribution in [3.8, 4) is 5.75 Å². The quantitative estimate of drug-likeness (QED) is 0.204. The Morgan fingerprint density at radius 3 is 2.20 bits per heavy atom. The van der Waals surface area contributed by atoms with Crippen molar-refractivity contribution in [1.29, 1.82) is 0 Å². The molecule has 3 rings (SSSR count). The first kappa shape index (κ1) is 35.5. The van der Waals surface area contributed by atoms with E-state index in [9.17, 15) is 33.6 Å². The molecule has 1 aliphatic rings. The number of methoxy groups -OCH3 is 1. The summed E-state index contributed by atoms with van der Waals surface area (Å²) in [5.74, 6) is -7.73. The normalized spacial score (nSPS) is 22.0. The lowest BCUT2D eigenvalue weighted by Crippen LogP contribution is -2.70. The number of ether oxygens (including phenoxy) is 7. The fourth-order valence-corrected chi connectivity index (χ4v) is 5.06. The van der Waals surface area contributed by atoms with Crippen LogP contribution in [0.15, 0.2) is 33.5 Å². The number of aryl methyl sites for hydroxylation is 1. The van der Waals surface area contributed by atoms with Crippen molar-refractivity contribution in [3.63, 3.8) is 0 Å². The smallest absolute Gasteiger partial charge is 0.379 e. The standard InChI is InChI=1S/C30H35NO15/c1-14-10-25(37)44-22-11-20(8-9-21(14)22)45-30(29(38)39-7)12-23(41-17(4)34)26(31-15(2)32)28(46-30)27(43-19(6)36)24(42-18(5)35)13-40-16(3)33/h8-11,23-24,26-28H,12-13H2,1-7H3,(H,31,32)/t23-,24+,26+,27-,28+,30+/m0/s1. The Kier molecular flexibility index (Phi) is 11.5. The lowest BCUT2D eigenvalue weighted by atomic mass is 9.88. The second-order valence-corrected chi connectivity index (χ2v) is 10.4. The van der Waals surface area contributed by atoms with Gasteiger partial charge in [-0.1, -0.05) is 0 Å². The van der Waals surface area contributed by atoms with Crippen molar-refractivity contribution in [2.75, 3.05) is 13.7 Å². The molecule has 16 heteroatoms. The largest absolute Gasteiger partial charge is 0.464 e. The predicted octanol–water partition coefficient (Wildman–Crippen LogP) is 1.00. The van der Waals surface area contributed by atoms with E-state index < -0.39 is 90.7 Å². The van der Waals surface area contributed by atoms with Gasteiger partial charge in [0, 0.05) is 52.1 Å². The topological polar surface area (TPSA) is 209 Å². The average Bonchev–Trinajstić information content (AvgIpc) is 2.93. The van der Waals surface area contributed by atoms with Crippen LogP contribution in [0.5, 0.6) is 5.75 Å². The third kappa shape index (κ3) is 8.80. The van der Waals surface area contributed by atoms with Crippen LogP contribution in [-0.2, 0) is 57.2 Å².